The summed E-state index contributed by atoms with van der Waals surface area (Å²) < 4.78 is 18.1. The maximum atomic E-state index is 12.8. The number of ether oxygens (including phenoxy) is 1. The zero-order valence-electron chi connectivity index (χ0n) is 14.2. The molecule has 2 aromatic carbocycles. The van der Waals surface area contributed by atoms with Gasteiger partial charge in [-0.3, -0.25) is 4.79 Å². The molecule has 0 aliphatic carbocycles. The molecule has 3 nitrogen and oxygen atoms in total. The van der Waals surface area contributed by atoms with Crippen molar-refractivity contribution in [1.29, 1.82) is 0 Å². The molecule has 0 saturated carbocycles. The molecule has 0 atom stereocenters. The fourth-order valence-corrected chi connectivity index (χ4v) is 2.32. The summed E-state index contributed by atoms with van der Waals surface area (Å²) in [6.45, 7) is 4.91. The van der Waals surface area contributed by atoms with Gasteiger partial charge in [0.05, 0.1) is 0 Å². The minimum atomic E-state index is -0.326. The van der Waals surface area contributed by atoms with Gasteiger partial charge < -0.3 is 10.1 Å². The summed E-state index contributed by atoms with van der Waals surface area (Å²) in [5.41, 5.74) is 2.61. The van der Waals surface area contributed by atoms with Crippen molar-refractivity contribution in [2.45, 2.75) is 32.6 Å². The van der Waals surface area contributed by atoms with E-state index in [1.54, 1.807) is 0 Å². The zero-order chi connectivity index (χ0) is 17.4. The van der Waals surface area contributed by atoms with Crippen LogP contribution in [-0.4, -0.2) is 19.1 Å². The first kappa shape index (κ1) is 18.0. The highest BCUT2D eigenvalue weighted by atomic mass is 19.1. The van der Waals surface area contributed by atoms with Crippen molar-refractivity contribution < 1.29 is 13.9 Å². The number of carbonyl (C=O) groups is 1. The third-order valence-corrected chi connectivity index (χ3v) is 3.79. The summed E-state index contributed by atoms with van der Waals surface area (Å²) in [6.07, 6.45) is 1.81. The van der Waals surface area contributed by atoms with E-state index in [-0.39, 0.29) is 18.3 Å². The number of halogens is 1. The largest absolute Gasteiger partial charge is 0.484 e. The van der Waals surface area contributed by atoms with Gasteiger partial charge in [-0.25, -0.2) is 4.39 Å². The van der Waals surface area contributed by atoms with E-state index in [1.807, 2.05) is 0 Å². The Balaban J connectivity index is 1.63. The highest BCUT2D eigenvalue weighted by Gasteiger charge is 2.03. The van der Waals surface area contributed by atoms with Crippen molar-refractivity contribution in [3.8, 4) is 5.75 Å². The molecule has 0 heterocycles. The molecule has 1 N–H and O–H groups in total. The minimum absolute atomic E-state index is 0.0608. The molecule has 2 rings (SSSR count). The number of benzene rings is 2. The van der Waals surface area contributed by atoms with Gasteiger partial charge in [0.15, 0.2) is 6.61 Å². The highest BCUT2D eigenvalue weighted by molar-refractivity contribution is 5.77. The summed E-state index contributed by atoms with van der Waals surface area (Å²) in [4.78, 5) is 11.7. The van der Waals surface area contributed by atoms with Crippen molar-refractivity contribution in [2.75, 3.05) is 13.2 Å². The molecule has 0 radical (unpaired) electrons. The number of aryl methyl sites for hydroxylation is 1. The predicted octanol–water partition coefficient (Wildman–Crippen LogP) is 4.08. The maximum absolute atomic E-state index is 12.8. The average Bonchev–Trinajstić information content (AvgIpc) is 2.58. The molecule has 0 fully saturated rings. The van der Waals surface area contributed by atoms with Crippen LogP contribution in [0.15, 0.2) is 48.5 Å². The molecule has 0 aromatic heterocycles. The van der Waals surface area contributed by atoms with E-state index in [1.165, 1.54) is 35.4 Å². The van der Waals surface area contributed by atoms with Gasteiger partial charge in [-0.05, 0) is 54.2 Å². The SMILES string of the molecule is CC(C)c1ccc(CCCNC(=O)COc2ccc(F)cc2)cc1. The smallest absolute Gasteiger partial charge is 0.257 e. The second kappa shape index (κ2) is 9.06. The number of nitrogens with one attached hydrogen (secondary N) is 1. The fraction of sp³-hybridized carbons (Fsp3) is 0.350. The van der Waals surface area contributed by atoms with E-state index < -0.39 is 0 Å². The number of carbonyl (C=O) groups excluding carboxylic acids is 1. The van der Waals surface area contributed by atoms with Crippen LogP contribution < -0.4 is 10.1 Å². The van der Waals surface area contributed by atoms with E-state index in [2.05, 4.69) is 43.4 Å². The van der Waals surface area contributed by atoms with Crippen LogP contribution in [0.25, 0.3) is 0 Å². The maximum Gasteiger partial charge on any atom is 0.257 e. The molecular weight excluding hydrogens is 305 g/mol. The molecule has 128 valence electrons. The lowest BCUT2D eigenvalue weighted by Crippen LogP contribution is -2.29. The second-order valence-corrected chi connectivity index (χ2v) is 6.09. The molecule has 0 bridgehead atoms. The van der Waals surface area contributed by atoms with Crippen molar-refractivity contribution in [1.82, 2.24) is 5.32 Å². The normalized spacial score (nSPS) is 10.7. The first-order chi connectivity index (χ1) is 11.5. The molecule has 0 aliphatic heterocycles. The Labute approximate surface area is 142 Å². The van der Waals surface area contributed by atoms with Gasteiger partial charge in [0, 0.05) is 6.54 Å². The van der Waals surface area contributed by atoms with Gasteiger partial charge in [-0.15, -0.1) is 0 Å². The van der Waals surface area contributed by atoms with Crippen molar-refractivity contribution in [3.63, 3.8) is 0 Å². The van der Waals surface area contributed by atoms with Crippen molar-refractivity contribution >= 4 is 5.91 Å². The quantitative estimate of drug-likeness (QED) is 0.741. The highest BCUT2D eigenvalue weighted by Crippen LogP contribution is 2.15. The molecule has 0 saturated heterocycles. The van der Waals surface area contributed by atoms with E-state index in [0.29, 0.717) is 18.2 Å². The third kappa shape index (κ3) is 6.03. The third-order valence-electron chi connectivity index (χ3n) is 3.79. The Bertz CT molecular complexity index is 636. The number of rotatable bonds is 8. The Morgan fingerprint density at radius 3 is 2.38 bits per heavy atom. The van der Waals surface area contributed by atoms with Crippen LogP contribution in [0.5, 0.6) is 5.75 Å². The van der Waals surface area contributed by atoms with Crippen LogP contribution in [0.1, 0.15) is 37.3 Å². The number of amides is 1. The molecule has 0 spiro atoms. The van der Waals surface area contributed by atoms with E-state index in [0.717, 1.165) is 12.8 Å². The van der Waals surface area contributed by atoms with E-state index in [9.17, 15) is 9.18 Å². The Morgan fingerprint density at radius 1 is 1.08 bits per heavy atom. The van der Waals surface area contributed by atoms with E-state index >= 15 is 0 Å². The monoisotopic (exact) mass is 329 g/mol. The molecule has 4 heteroatoms. The van der Waals surface area contributed by atoms with Crippen LogP contribution in [0.4, 0.5) is 4.39 Å². The van der Waals surface area contributed by atoms with Gasteiger partial charge in [-0.2, -0.15) is 0 Å². The summed E-state index contributed by atoms with van der Waals surface area (Å²) >= 11 is 0. The lowest BCUT2D eigenvalue weighted by molar-refractivity contribution is -0.123. The van der Waals surface area contributed by atoms with Crippen LogP contribution in [0.2, 0.25) is 0 Å². The van der Waals surface area contributed by atoms with Crippen LogP contribution >= 0.6 is 0 Å². The Morgan fingerprint density at radius 2 is 1.75 bits per heavy atom. The molecule has 2 aromatic rings. The minimum Gasteiger partial charge on any atom is -0.484 e. The lowest BCUT2D eigenvalue weighted by Gasteiger charge is -2.08. The van der Waals surface area contributed by atoms with E-state index in [4.69, 9.17) is 4.74 Å². The van der Waals surface area contributed by atoms with Gasteiger partial charge in [0.1, 0.15) is 11.6 Å². The summed E-state index contributed by atoms with van der Waals surface area (Å²) in [6, 6.07) is 14.2. The average molecular weight is 329 g/mol. The molecule has 24 heavy (non-hydrogen) atoms. The fourth-order valence-electron chi connectivity index (χ4n) is 2.32. The van der Waals surface area contributed by atoms with Gasteiger partial charge in [0.2, 0.25) is 0 Å². The summed E-state index contributed by atoms with van der Waals surface area (Å²) in [5.74, 6) is 0.527. The lowest BCUT2D eigenvalue weighted by atomic mass is 10.0. The first-order valence-electron chi connectivity index (χ1n) is 8.28. The first-order valence-corrected chi connectivity index (χ1v) is 8.28. The molecule has 0 aliphatic rings. The Kier molecular flexibility index (Phi) is 6.79. The zero-order valence-corrected chi connectivity index (χ0v) is 14.2. The van der Waals surface area contributed by atoms with Crippen molar-refractivity contribution in [3.05, 3.63) is 65.5 Å². The summed E-state index contributed by atoms with van der Waals surface area (Å²) in [5, 5.41) is 2.83. The van der Waals surface area contributed by atoms with Gasteiger partial charge in [-0.1, -0.05) is 38.1 Å². The van der Waals surface area contributed by atoms with Crippen molar-refractivity contribution in [2.24, 2.45) is 0 Å². The number of hydrogen-bond donors (Lipinski definition) is 1. The van der Waals surface area contributed by atoms with Crippen LogP contribution in [0, 0.1) is 5.82 Å². The van der Waals surface area contributed by atoms with Crippen LogP contribution in [-0.2, 0) is 11.2 Å². The van der Waals surface area contributed by atoms with Gasteiger partial charge in [0.25, 0.3) is 5.91 Å². The van der Waals surface area contributed by atoms with Crippen LogP contribution in [0.3, 0.4) is 0 Å². The predicted molar refractivity (Wildman–Crippen MR) is 93.8 cm³/mol. The van der Waals surface area contributed by atoms with Gasteiger partial charge >= 0.3 is 0 Å². The molecule has 1 amide bonds. The number of hydrogen-bond acceptors (Lipinski definition) is 2. The standard InChI is InChI=1S/C20H24FNO2/c1-15(2)17-7-5-16(6-8-17)4-3-13-22-20(23)14-24-19-11-9-18(21)10-12-19/h5-12,15H,3-4,13-14H2,1-2H3,(H,22,23). The molecule has 0 unspecified atom stereocenters. The topological polar surface area (TPSA) is 38.3 Å². The molecular formula is C20H24FNO2. The second-order valence-electron chi connectivity index (χ2n) is 6.09. The Hall–Kier alpha value is -2.36. The summed E-state index contributed by atoms with van der Waals surface area (Å²) in [7, 11) is 0.